The highest BCUT2D eigenvalue weighted by atomic mass is 15.2. The Kier molecular flexibility index (Phi) is 7.20. The minimum absolute atomic E-state index is 1.06. The predicted molar refractivity (Wildman–Crippen MR) is 245 cm³/mol. The smallest absolute Gasteiger partial charge is 0.0619 e. The molecule has 0 atom stereocenters. The molecule has 0 fully saturated rings. The number of hydrogen-bond donors (Lipinski definition) is 0. The SMILES string of the molecule is c1ccc(N(c2ccccc2)c2cc(N(c3ccccc3)c3ccccc3)cc(-n3c4cccc5c6cccc7c8ccccc8n(c8cccc3c8c54)c67)c2)cc1. The first-order chi connectivity index (χ1) is 28.8. The molecule has 0 aliphatic carbocycles. The molecule has 3 aromatic heterocycles. The van der Waals surface area contributed by atoms with Gasteiger partial charge in [0.25, 0.3) is 0 Å². The van der Waals surface area contributed by atoms with Gasteiger partial charge < -0.3 is 18.8 Å². The van der Waals surface area contributed by atoms with Crippen molar-refractivity contribution in [3.63, 3.8) is 0 Å². The van der Waals surface area contributed by atoms with E-state index in [0.717, 1.165) is 39.8 Å². The molecule has 0 unspecified atom stereocenters. The zero-order valence-electron chi connectivity index (χ0n) is 31.6. The molecule has 4 heteroatoms. The van der Waals surface area contributed by atoms with Crippen LogP contribution in [0.5, 0.6) is 0 Å². The summed E-state index contributed by atoms with van der Waals surface area (Å²) in [5, 5.41) is 7.58. The molecule has 272 valence electrons. The van der Waals surface area contributed by atoms with E-state index in [1.807, 2.05) is 0 Å². The lowest BCUT2D eigenvalue weighted by atomic mass is 10.0. The van der Waals surface area contributed by atoms with Gasteiger partial charge in [0.1, 0.15) is 0 Å². The van der Waals surface area contributed by atoms with Crippen LogP contribution in [0, 0.1) is 0 Å². The van der Waals surface area contributed by atoms with E-state index >= 15 is 0 Å². The van der Waals surface area contributed by atoms with Crippen LogP contribution in [-0.2, 0) is 0 Å². The second-order valence-electron chi connectivity index (χ2n) is 15.0. The number of rotatable bonds is 7. The van der Waals surface area contributed by atoms with Crippen LogP contribution in [0.15, 0.2) is 218 Å². The van der Waals surface area contributed by atoms with E-state index < -0.39 is 0 Å². The molecule has 0 amide bonds. The lowest BCUT2D eigenvalue weighted by molar-refractivity contribution is 1.16. The van der Waals surface area contributed by atoms with Crippen LogP contribution in [0.25, 0.3) is 65.6 Å². The quantitative estimate of drug-likeness (QED) is 0.162. The molecule has 9 aromatic carbocycles. The number of benzene rings is 9. The summed E-state index contributed by atoms with van der Waals surface area (Å²) in [6.07, 6.45) is 0. The van der Waals surface area contributed by atoms with Gasteiger partial charge in [-0.05, 0) is 96.4 Å². The minimum atomic E-state index is 1.06. The first-order valence-electron chi connectivity index (χ1n) is 19.9. The van der Waals surface area contributed by atoms with E-state index in [4.69, 9.17) is 0 Å². The van der Waals surface area contributed by atoms with E-state index in [2.05, 4.69) is 237 Å². The summed E-state index contributed by atoms with van der Waals surface area (Å²) >= 11 is 0. The van der Waals surface area contributed by atoms with Gasteiger partial charge in [-0.3, -0.25) is 0 Å². The molecule has 0 N–H and O–H groups in total. The summed E-state index contributed by atoms with van der Waals surface area (Å²) in [5.74, 6) is 0. The minimum Gasteiger partial charge on any atom is -0.310 e. The lowest BCUT2D eigenvalue weighted by Crippen LogP contribution is -2.14. The van der Waals surface area contributed by atoms with Crippen LogP contribution in [0.1, 0.15) is 0 Å². The Morgan fingerprint density at radius 3 is 1.24 bits per heavy atom. The Morgan fingerprint density at radius 1 is 0.276 bits per heavy atom. The average molecular weight is 741 g/mol. The second-order valence-corrected chi connectivity index (χ2v) is 15.0. The zero-order valence-corrected chi connectivity index (χ0v) is 31.6. The third kappa shape index (κ3) is 4.82. The molecule has 0 saturated carbocycles. The van der Waals surface area contributed by atoms with Crippen molar-refractivity contribution in [3.8, 4) is 5.69 Å². The molecule has 0 saturated heterocycles. The number of hydrogen-bond acceptors (Lipinski definition) is 2. The molecule has 58 heavy (non-hydrogen) atoms. The van der Waals surface area contributed by atoms with E-state index in [1.54, 1.807) is 0 Å². The first-order valence-corrected chi connectivity index (χ1v) is 19.9. The highest BCUT2D eigenvalue weighted by Crippen LogP contribution is 2.47. The van der Waals surface area contributed by atoms with Gasteiger partial charge >= 0.3 is 0 Å². The van der Waals surface area contributed by atoms with Crippen molar-refractivity contribution in [2.45, 2.75) is 0 Å². The van der Waals surface area contributed by atoms with Crippen LogP contribution in [0.2, 0.25) is 0 Å². The molecule has 0 bridgehead atoms. The number of aromatic nitrogens is 2. The normalized spacial score (nSPS) is 11.8. The number of fused-ring (bicyclic) bond motifs is 5. The van der Waals surface area contributed by atoms with Gasteiger partial charge in [-0.1, -0.05) is 127 Å². The van der Waals surface area contributed by atoms with Gasteiger partial charge in [0.2, 0.25) is 0 Å². The predicted octanol–water partition coefficient (Wildman–Crippen LogP) is 14.9. The van der Waals surface area contributed by atoms with Crippen LogP contribution in [0.3, 0.4) is 0 Å². The van der Waals surface area contributed by atoms with Crippen LogP contribution >= 0.6 is 0 Å². The fraction of sp³-hybridized carbons (Fsp3) is 0. The Bertz CT molecular complexity index is 3260. The van der Waals surface area contributed by atoms with E-state index in [9.17, 15) is 0 Å². The van der Waals surface area contributed by atoms with Gasteiger partial charge in [0, 0.05) is 49.7 Å². The molecule has 4 nitrogen and oxygen atoms in total. The van der Waals surface area contributed by atoms with Crippen molar-refractivity contribution in [1.82, 2.24) is 8.97 Å². The summed E-state index contributed by atoms with van der Waals surface area (Å²) in [7, 11) is 0. The maximum Gasteiger partial charge on any atom is 0.0619 e. The number of para-hydroxylation sites is 6. The lowest BCUT2D eigenvalue weighted by Gasteiger charge is -2.30. The molecular formula is C54H36N4. The fourth-order valence-corrected chi connectivity index (χ4v) is 9.43. The van der Waals surface area contributed by atoms with Crippen molar-refractivity contribution in [3.05, 3.63) is 218 Å². The van der Waals surface area contributed by atoms with Crippen molar-refractivity contribution in [2.75, 3.05) is 9.80 Å². The highest BCUT2D eigenvalue weighted by Gasteiger charge is 2.24. The van der Waals surface area contributed by atoms with Crippen molar-refractivity contribution < 1.29 is 0 Å². The summed E-state index contributed by atoms with van der Waals surface area (Å²) in [6, 6.07) is 79.1. The molecule has 3 heterocycles. The van der Waals surface area contributed by atoms with Gasteiger partial charge in [0.05, 0.1) is 44.6 Å². The van der Waals surface area contributed by atoms with Gasteiger partial charge in [-0.2, -0.15) is 0 Å². The summed E-state index contributed by atoms with van der Waals surface area (Å²) in [5.41, 5.74) is 13.6. The highest BCUT2D eigenvalue weighted by molar-refractivity contribution is 6.31. The third-order valence-electron chi connectivity index (χ3n) is 11.7. The van der Waals surface area contributed by atoms with E-state index in [0.29, 0.717) is 0 Å². The maximum absolute atomic E-state index is 2.51. The zero-order chi connectivity index (χ0) is 38.2. The largest absolute Gasteiger partial charge is 0.310 e. The molecule has 12 aromatic rings. The Hall–Kier alpha value is -7.82. The maximum atomic E-state index is 2.51. The summed E-state index contributed by atoms with van der Waals surface area (Å²) in [6.45, 7) is 0. The van der Waals surface area contributed by atoms with Gasteiger partial charge in [-0.25, -0.2) is 0 Å². The van der Waals surface area contributed by atoms with Crippen LogP contribution < -0.4 is 9.80 Å². The monoisotopic (exact) mass is 740 g/mol. The van der Waals surface area contributed by atoms with Crippen molar-refractivity contribution in [1.29, 1.82) is 0 Å². The van der Waals surface area contributed by atoms with Crippen LogP contribution in [-0.4, -0.2) is 8.97 Å². The molecule has 12 rings (SSSR count). The topological polar surface area (TPSA) is 15.8 Å². The molecule has 0 spiro atoms. The molecule has 0 aliphatic heterocycles. The van der Waals surface area contributed by atoms with E-state index in [1.165, 1.54) is 59.9 Å². The Balaban J connectivity index is 1.23. The first kappa shape index (κ1) is 32.4. The summed E-state index contributed by atoms with van der Waals surface area (Å²) in [4.78, 5) is 4.74. The number of nitrogens with zero attached hydrogens (tertiary/aromatic N) is 4. The average Bonchev–Trinajstić information content (AvgIpc) is 3.77. The number of anilines is 6. The summed E-state index contributed by atoms with van der Waals surface area (Å²) < 4.78 is 5.00. The standard InChI is InChI=1S/C54H36N4/c1-5-18-37(19-6-1)55(38-20-7-2-8-21-38)41-34-42(56(39-22-9-3-10-23-39)40-24-11-4-12-25-40)36-43(35-41)57-49-31-16-27-45-47-29-15-28-46-44-26-13-14-30-48(44)58(54(46)47)51-33-17-32-50(57)53(51)52(45)49/h1-36H. The third-order valence-corrected chi connectivity index (χ3v) is 11.7. The molecular weight excluding hydrogens is 705 g/mol. The second kappa shape index (κ2) is 12.9. The fourth-order valence-electron chi connectivity index (χ4n) is 9.43. The van der Waals surface area contributed by atoms with Crippen LogP contribution in [0.4, 0.5) is 34.1 Å². The van der Waals surface area contributed by atoms with Gasteiger partial charge in [0.15, 0.2) is 0 Å². The molecule has 0 aliphatic rings. The Labute approximate surface area is 335 Å². The van der Waals surface area contributed by atoms with Crippen molar-refractivity contribution in [2.24, 2.45) is 0 Å². The molecule has 0 radical (unpaired) electrons. The van der Waals surface area contributed by atoms with Crippen molar-refractivity contribution >= 4 is 94.0 Å². The Morgan fingerprint density at radius 2 is 0.672 bits per heavy atom. The van der Waals surface area contributed by atoms with Gasteiger partial charge in [-0.15, -0.1) is 0 Å². The van der Waals surface area contributed by atoms with E-state index in [-0.39, 0.29) is 0 Å².